The summed E-state index contributed by atoms with van der Waals surface area (Å²) >= 11 is 0. The number of carbonyl (C=O) groups excluding carboxylic acids is 1. The van der Waals surface area contributed by atoms with Gasteiger partial charge in [0.15, 0.2) is 0 Å². The van der Waals surface area contributed by atoms with E-state index in [0.717, 1.165) is 31.5 Å². The lowest BCUT2D eigenvalue weighted by Gasteiger charge is -2.23. The highest BCUT2D eigenvalue weighted by Crippen LogP contribution is 2.19. The topological polar surface area (TPSA) is 41.1 Å². The summed E-state index contributed by atoms with van der Waals surface area (Å²) < 4.78 is 0. The standard InChI is InChI=1S/C19H22N2O.ClH/c22-19(21-18-7-4-12-20-14-18)13-15-8-10-17(11-9-15)16-5-2-1-3-6-16;/h1-3,5-6,8-11,18,20H,4,7,12-14H2,(H,21,22);1H. The molecular weight excluding hydrogens is 308 g/mol. The van der Waals surface area contributed by atoms with Crippen molar-refractivity contribution in [2.45, 2.75) is 25.3 Å². The van der Waals surface area contributed by atoms with E-state index in [1.165, 1.54) is 11.1 Å². The number of rotatable bonds is 4. The fraction of sp³-hybridized carbons (Fsp3) is 0.316. The molecule has 0 bridgehead atoms. The molecule has 1 saturated heterocycles. The molecule has 3 rings (SSSR count). The predicted octanol–water partition coefficient (Wildman–Crippen LogP) is 3.19. The predicted molar refractivity (Wildman–Crippen MR) is 96.9 cm³/mol. The molecule has 0 radical (unpaired) electrons. The minimum atomic E-state index is 0. The molecule has 0 spiro atoms. The highest BCUT2D eigenvalue weighted by Gasteiger charge is 2.15. The Morgan fingerprint density at radius 1 is 1.04 bits per heavy atom. The van der Waals surface area contributed by atoms with Crippen LogP contribution >= 0.6 is 12.4 Å². The summed E-state index contributed by atoms with van der Waals surface area (Å²) in [6.07, 6.45) is 2.66. The third-order valence-corrected chi connectivity index (χ3v) is 4.09. The minimum Gasteiger partial charge on any atom is -0.352 e. The van der Waals surface area contributed by atoms with E-state index >= 15 is 0 Å². The second-order valence-corrected chi connectivity index (χ2v) is 5.85. The lowest BCUT2D eigenvalue weighted by atomic mass is 10.0. The van der Waals surface area contributed by atoms with Gasteiger partial charge >= 0.3 is 0 Å². The molecule has 4 heteroatoms. The van der Waals surface area contributed by atoms with Crippen molar-refractivity contribution in [3.05, 3.63) is 60.2 Å². The van der Waals surface area contributed by atoms with Crippen LogP contribution in [0.25, 0.3) is 11.1 Å². The van der Waals surface area contributed by atoms with Crippen LogP contribution < -0.4 is 10.6 Å². The molecule has 2 aromatic carbocycles. The van der Waals surface area contributed by atoms with Gasteiger partial charge in [-0.15, -0.1) is 12.4 Å². The number of halogens is 1. The second-order valence-electron chi connectivity index (χ2n) is 5.85. The van der Waals surface area contributed by atoms with E-state index in [4.69, 9.17) is 0 Å². The van der Waals surface area contributed by atoms with Gasteiger partial charge in [0.05, 0.1) is 6.42 Å². The summed E-state index contributed by atoms with van der Waals surface area (Å²) in [6, 6.07) is 18.8. The van der Waals surface area contributed by atoms with Crippen LogP contribution in [-0.4, -0.2) is 25.0 Å². The van der Waals surface area contributed by atoms with Crippen LogP contribution in [0.4, 0.5) is 0 Å². The molecule has 1 unspecified atom stereocenters. The van der Waals surface area contributed by atoms with Gasteiger partial charge in [-0.05, 0) is 36.1 Å². The maximum atomic E-state index is 12.1. The average Bonchev–Trinajstić information content (AvgIpc) is 2.57. The summed E-state index contributed by atoms with van der Waals surface area (Å²) in [6.45, 7) is 1.95. The van der Waals surface area contributed by atoms with Crippen LogP contribution in [0.5, 0.6) is 0 Å². The molecule has 2 aromatic rings. The van der Waals surface area contributed by atoms with Gasteiger partial charge in [0.1, 0.15) is 0 Å². The normalized spacial score (nSPS) is 17.1. The Bertz CT molecular complexity index is 607. The highest BCUT2D eigenvalue weighted by molar-refractivity contribution is 5.85. The first-order valence-corrected chi connectivity index (χ1v) is 7.96. The SMILES string of the molecule is Cl.O=C(Cc1ccc(-c2ccccc2)cc1)NC1CCCNC1. The van der Waals surface area contributed by atoms with Crippen molar-refractivity contribution in [2.75, 3.05) is 13.1 Å². The van der Waals surface area contributed by atoms with Crippen LogP contribution in [0.1, 0.15) is 18.4 Å². The molecule has 1 amide bonds. The molecule has 0 aromatic heterocycles. The molecule has 1 aliphatic rings. The maximum absolute atomic E-state index is 12.1. The largest absolute Gasteiger partial charge is 0.352 e. The summed E-state index contributed by atoms with van der Waals surface area (Å²) in [4.78, 5) is 12.1. The number of amides is 1. The lowest BCUT2D eigenvalue weighted by Crippen LogP contribution is -2.46. The number of piperidine rings is 1. The molecule has 0 saturated carbocycles. The summed E-state index contributed by atoms with van der Waals surface area (Å²) in [7, 11) is 0. The molecule has 23 heavy (non-hydrogen) atoms. The van der Waals surface area contributed by atoms with Gasteiger partial charge in [0.25, 0.3) is 0 Å². The zero-order chi connectivity index (χ0) is 15.2. The fourth-order valence-corrected chi connectivity index (χ4v) is 2.88. The van der Waals surface area contributed by atoms with Gasteiger partial charge in [-0.3, -0.25) is 4.79 Å². The molecule has 1 heterocycles. The summed E-state index contributed by atoms with van der Waals surface area (Å²) in [5.41, 5.74) is 3.44. The molecule has 3 nitrogen and oxygen atoms in total. The van der Waals surface area contributed by atoms with Gasteiger partial charge in [-0.2, -0.15) is 0 Å². The molecule has 2 N–H and O–H groups in total. The Labute approximate surface area is 143 Å². The summed E-state index contributed by atoms with van der Waals surface area (Å²) in [5, 5.41) is 6.43. The average molecular weight is 331 g/mol. The lowest BCUT2D eigenvalue weighted by molar-refractivity contribution is -0.121. The molecule has 1 aliphatic heterocycles. The summed E-state index contributed by atoms with van der Waals surface area (Å²) in [5.74, 6) is 0.112. The van der Waals surface area contributed by atoms with Crippen LogP contribution in [0.3, 0.4) is 0 Å². The highest BCUT2D eigenvalue weighted by atomic mass is 35.5. The Kier molecular flexibility index (Phi) is 6.63. The number of hydrogen-bond acceptors (Lipinski definition) is 2. The number of hydrogen-bond donors (Lipinski definition) is 2. The minimum absolute atomic E-state index is 0. The first-order valence-electron chi connectivity index (χ1n) is 7.96. The van der Waals surface area contributed by atoms with E-state index in [-0.39, 0.29) is 24.4 Å². The van der Waals surface area contributed by atoms with Crippen molar-refractivity contribution in [1.82, 2.24) is 10.6 Å². The Hall–Kier alpha value is -1.84. The number of benzene rings is 2. The van der Waals surface area contributed by atoms with E-state index in [9.17, 15) is 4.79 Å². The third kappa shape index (κ3) is 5.08. The Morgan fingerprint density at radius 3 is 2.39 bits per heavy atom. The number of carbonyl (C=O) groups is 1. The van der Waals surface area contributed by atoms with E-state index in [1.807, 2.05) is 30.3 Å². The zero-order valence-electron chi connectivity index (χ0n) is 13.1. The maximum Gasteiger partial charge on any atom is 0.224 e. The van der Waals surface area contributed by atoms with Crippen LogP contribution in [0.2, 0.25) is 0 Å². The van der Waals surface area contributed by atoms with Gasteiger partial charge in [-0.1, -0.05) is 54.6 Å². The van der Waals surface area contributed by atoms with Crippen LogP contribution in [0, 0.1) is 0 Å². The smallest absolute Gasteiger partial charge is 0.224 e. The molecule has 0 aliphatic carbocycles. The van der Waals surface area contributed by atoms with Crippen molar-refractivity contribution < 1.29 is 4.79 Å². The van der Waals surface area contributed by atoms with E-state index in [1.54, 1.807) is 0 Å². The molecular formula is C19H23ClN2O. The fourth-order valence-electron chi connectivity index (χ4n) is 2.88. The second kappa shape index (κ2) is 8.70. The van der Waals surface area contributed by atoms with Crippen molar-refractivity contribution in [3.63, 3.8) is 0 Å². The third-order valence-electron chi connectivity index (χ3n) is 4.09. The number of nitrogens with one attached hydrogen (secondary N) is 2. The van der Waals surface area contributed by atoms with Gasteiger partial charge < -0.3 is 10.6 Å². The van der Waals surface area contributed by atoms with Crippen molar-refractivity contribution >= 4 is 18.3 Å². The van der Waals surface area contributed by atoms with Gasteiger partial charge in [-0.25, -0.2) is 0 Å². The zero-order valence-corrected chi connectivity index (χ0v) is 13.9. The Balaban J connectivity index is 0.00000192. The van der Waals surface area contributed by atoms with E-state index in [2.05, 4.69) is 34.9 Å². The first-order chi connectivity index (χ1) is 10.8. The van der Waals surface area contributed by atoms with E-state index < -0.39 is 0 Å². The van der Waals surface area contributed by atoms with Crippen molar-refractivity contribution in [1.29, 1.82) is 0 Å². The van der Waals surface area contributed by atoms with Crippen LogP contribution in [0.15, 0.2) is 54.6 Å². The van der Waals surface area contributed by atoms with Gasteiger partial charge in [0, 0.05) is 12.6 Å². The van der Waals surface area contributed by atoms with Crippen molar-refractivity contribution in [2.24, 2.45) is 0 Å². The van der Waals surface area contributed by atoms with Crippen molar-refractivity contribution in [3.8, 4) is 11.1 Å². The molecule has 122 valence electrons. The molecule has 1 fully saturated rings. The van der Waals surface area contributed by atoms with E-state index in [0.29, 0.717) is 6.42 Å². The van der Waals surface area contributed by atoms with Crippen LogP contribution in [-0.2, 0) is 11.2 Å². The Morgan fingerprint density at radius 2 is 1.74 bits per heavy atom. The monoisotopic (exact) mass is 330 g/mol. The molecule has 1 atom stereocenters. The quantitative estimate of drug-likeness (QED) is 0.904. The first kappa shape index (κ1) is 17.5. The van der Waals surface area contributed by atoms with Gasteiger partial charge in [0.2, 0.25) is 5.91 Å².